The monoisotopic (exact) mass is 377 g/mol. The van der Waals surface area contributed by atoms with Crippen LogP contribution in [0.2, 0.25) is 5.02 Å². The third kappa shape index (κ3) is 4.97. The average molecular weight is 378 g/mol. The quantitative estimate of drug-likeness (QED) is 0.683. The second-order valence-corrected chi connectivity index (χ2v) is 7.20. The fourth-order valence-corrected chi connectivity index (χ4v) is 3.72. The molecule has 2 aromatic carbocycles. The molecular formula is C21H25ClFNO2. The first-order valence-electron chi connectivity index (χ1n) is 9.02. The Morgan fingerprint density at radius 2 is 2.04 bits per heavy atom. The zero-order chi connectivity index (χ0) is 18.4. The molecule has 3 rings (SSSR count). The molecule has 0 aromatic heterocycles. The maximum absolute atomic E-state index is 14.0. The van der Waals surface area contributed by atoms with Crippen LogP contribution in [0.4, 0.5) is 4.39 Å². The van der Waals surface area contributed by atoms with Gasteiger partial charge in [-0.1, -0.05) is 35.9 Å². The van der Waals surface area contributed by atoms with Crippen molar-refractivity contribution in [1.29, 1.82) is 0 Å². The Morgan fingerprint density at radius 3 is 2.85 bits per heavy atom. The number of rotatable bonds is 7. The standard InChI is InChI=1S/C21H25ClFNO2/c1-25-14-16-6-5-11-24(12-16)13-17-7-2-3-10-21(17)26-15-18-19(22)8-4-9-20(18)23/h2-4,7-10,16H,5-6,11-15H2,1H3. The first kappa shape index (κ1) is 19.2. The van der Waals surface area contributed by atoms with Crippen molar-refractivity contribution in [3.63, 3.8) is 0 Å². The number of hydrogen-bond donors (Lipinski definition) is 0. The molecule has 0 bridgehead atoms. The lowest BCUT2D eigenvalue weighted by molar-refractivity contribution is 0.0868. The fourth-order valence-electron chi connectivity index (χ4n) is 3.50. The van der Waals surface area contributed by atoms with Gasteiger partial charge in [0.25, 0.3) is 0 Å². The molecule has 1 heterocycles. The number of piperidine rings is 1. The number of para-hydroxylation sites is 1. The molecule has 1 aliphatic heterocycles. The van der Waals surface area contributed by atoms with Crippen LogP contribution in [0.1, 0.15) is 24.0 Å². The minimum atomic E-state index is -0.339. The third-order valence-electron chi connectivity index (χ3n) is 4.81. The zero-order valence-electron chi connectivity index (χ0n) is 15.1. The maximum atomic E-state index is 14.0. The van der Waals surface area contributed by atoms with Crippen molar-refractivity contribution in [3.8, 4) is 5.75 Å². The van der Waals surface area contributed by atoms with Gasteiger partial charge in [-0.3, -0.25) is 4.90 Å². The topological polar surface area (TPSA) is 21.7 Å². The summed E-state index contributed by atoms with van der Waals surface area (Å²) in [6.07, 6.45) is 2.40. The van der Waals surface area contributed by atoms with Gasteiger partial charge in [-0.15, -0.1) is 0 Å². The second-order valence-electron chi connectivity index (χ2n) is 6.80. The molecule has 5 heteroatoms. The minimum absolute atomic E-state index is 0.120. The highest BCUT2D eigenvalue weighted by molar-refractivity contribution is 6.31. The largest absolute Gasteiger partial charge is 0.488 e. The van der Waals surface area contributed by atoms with E-state index in [-0.39, 0.29) is 12.4 Å². The number of halogens is 2. The zero-order valence-corrected chi connectivity index (χ0v) is 15.8. The molecule has 0 spiro atoms. The average Bonchev–Trinajstić information content (AvgIpc) is 2.63. The van der Waals surface area contributed by atoms with Crippen LogP contribution >= 0.6 is 11.6 Å². The van der Waals surface area contributed by atoms with E-state index in [0.717, 1.165) is 37.6 Å². The summed E-state index contributed by atoms with van der Waals surface area (Å²) < 4.78 is 25.2. The molecule has 3 nitrogen and oxygen atoms in total. The molecule has 1 unspecified atom stereocenters. The molecule has 1 aliphatic rings. The second kappa shape index (κ2) is 9.36. The fraction of sp³-hybridized carbons (Fsp3) is 0.429. The summed E-state index contributed by atoms with van der Waals surface area (Å²) in [5.74, 6) is 1.02. The minimum Gasteiger partial charge on any atom is -0.488 e. The van der Waals surface area contributed by atoms with Crippen LogP contribution in [-0.2, 0) is 17.9 Å². The van der Waals surface area contributed by atoms with Crippen LogP contribution in [0.25, 0.3) is 0 Å². The van der Waals surface area contributed by atoms with Crippen LogP contribution < -0.4 is 4.74 Å². The molecule has 0 N–H and O–H groups in total. The molecule has 0 aliphatic carbocycles. The summed E-state index contributed by atoms with van der Waals surface area (Å²) in [5.41, 5.74) is 1.50. The van der Waals surface area contributed by atoms with Gasteiger partial charge < -0.3 is 9.47 Å². The Balaban J connectivity index is 1.66. The van der Waals surface area contributed by atoms with Crippen molar-refractivity contribution < 1.29 is 13.9 Å². The van der Waals surface area contributed by atoms with E-state index in [1.165, 1.54) is 18.9 Å². The Kier molecular flexibility index (Phi) is 6.89. The summed E-state index contributed by atoms with van der Waals surface area (Å²) in [6, 6.07) is 12.6. The van der Waals surface area contributed by atoms with E-state index in [4.69, 9.17) is 21.1 Å². The highest BCUT2D eigenvalue weighted by Crippen LogP contribution is 2.26. The number of nitrogens with zero attached hydrogens (tertiary/aromatic N) is 1. The van der Waals surface area contributed by atoms with Crippen LogP contribution in [0.3, 0.4) is 0 Å². The number of ether oxygens (including phenoxy) is 2. The first-order chi connectivity index (χ1) is 12.7. The summed E-state index contributed by atoms with van der Waals surface area (Å²) in [5, 5.41) is 0.390. The molecule has 26 heavy (non-hydrogen) atoms. The first-order valence-corrected chi connectivity index (χ1v) is 9.40. The van der Waals surface area contributed by atoms with Gasteiger partial charge in [-0.25, -0.2) is 4.39 Å². The van der Waals surface area contributed by atoms with Crippen molar-refractivity contribution >= 4 is 11.6 Å². The predicted molar refractivity (Wildman–Crippen MR) is 102 cm³/mol. The van der Waals surface area contributed by atoms with Crippen LogP contribution in [0, 0.1) is 11.7 Å². The van der Waals surface area contributed by atoms with E-state index >= 15 is 0 Å². The molecule has 0 saturated carbocycles. The van der Waals surface area contributed by atoms with Gasteiger partial charge in [-0.2, -0.15) is 0 Å². The lowest BCUT2D eigenvalue weighted by atomic mass is 9.98. The van der Waals surface area contributed by atoms with Gasteiger partial charge in [0.05, 0.1) is 11.6 Å². The van der Waals surface area contributed by atoms with Gasteiger partial charge in [0, 0.05) is 31.3 Å². The Hall–Kier alpha value is -1.62. The molecule has 2 aromatic rings. The SMILES string of the molecule is COCC1CCCN(Cc2ccccc2OCc2c(F)cccc2Cl)C1. The smallest absolute Gasteiger partial charge is 0.131 e. The third-order valence-corrected chi connectivity index (χ3v) is 5.16. The number of benzene rings is 2. The molecular weight excluding hydrogens is 353 g/mol. The van der Waals surface area contributed by atoms with E-state index in [2.05, 4.69) is 11.0 Å². The number of hydrogen-bond acceptors (Lipinski definition) is 3. The lowest BCUT2D eigenvalue weighted by Crippen LogP contribution is -2.36. The summed E-state index contributed by atoms with van der Waals surface area (Å²) in [4.78, 5) is 2.44. The van der Waals surface area contributed by atoms with Crippen molar-refractivity contribution in [2.24, 2.45) is 5.92 Å². The van der Waals surface area contributed by atoms with Crippen molar-refractivity contribution in [3.05, 3.63) is 64.4 Å². The van der Waals surface area contributed by atoms with Crippen molar-refractivity contribution in [1.82, 2.24) is 4.90 Å². The molecule has 1 saturated heterocycles. The predicted octanol–water partition coefficient (Wildman–Crippen LogP) is 4.92. The van der Waals surface area contributed by atoms with Gasteiger partial charge >= 0.3 is 0 Å². The van der Waals surface area contributed by atoms with Gasteiger partial charge in [0.1, 0.15) is 18.2 Å². The maximum Gasteiger partial charge on any atom is 0.131 e. The molecule has 140 valence electrons. The van der Waals surface area contributed by atoms with Crippen molar-refractivity contribution in [2.45, 2.75) is 26.0 Å². The summed E-state index contributed by atoms with van der Waals surface area (Å²) in [6.45, 7) is 3.85. The van der Waals surface area contributed by atoms with E-state index in [1.54, 1.807) is 19.2 Å². The summed E-state index contributed by atoms with van der Waals surface area (Å²) >= 11 is 6.10. The summed E-state index contributed by atoms with van der Waals surface area (Å²) in [7, 11) is 1.76. The van der Waals surface area contributed by atoms with E-state index in [0.29, 0.717) is 16.5 Å². The van der Waals surface area contributed by atoms with Crippen LogP contribution in [0.15, 0.2) is 42.5 Å². The molecule has 1 fully saturated rings. The van der Waals surface area contributed by atoms with E-state index in [9.17, 15) is 4.39 Å². The van der Waals surface area contributed by atoms with Crippen LogP contribution in [-0.4, -0.2) is 31.7 Å². The molecule has 1 atom stereocenters. The lowest BCUT2D eigenvalue weighted by Gasteiger charge is -2.32. The van der Waals surface area contributed by atoms with Gasteiger partial charge in [0.2, 0.25) is 0 Å². The highest BCUT2D eigenvalue weighted by Gasteiger charge is 2.21. The van der Waals surface area contributed by atoms with E-state index < -0.39 is 0 Å². The molecule has 0 amide bonds. The Bertz CT molecular complexity index is 703. The van der Waals surface area contributed by atoms with Crippen molar-refractivity contribution in [2.75, 3.05) is 26.8 Å². The van der Waals surface area contributed by atoms with E-state index in [1.807, 2.05) is 18.2 Å². The van der Waals surface area contributed by atoms with Crippen LogP contribution in [0.5, 0.6) is 5.75 Å². The van der Waals surface area contributed by atoms with Gasteiger partial charge in [-0.05, 0) is 43.5 Å². The Labute approximate surface area is 159 Å². The molecule has 0 radical (unpaired) electrons. The number of likely N-dealkylation sites (tertiary alicyclic amines) is 1. The number of methoxy groups -OCH3 is 1. The highest BCUT2D eigenvalue weighted by atomic mass is 35.5. The van der Waals surface area contributed by atoms with Gasteiger partial charge in [0.15, 0.2) is 0 Å². The normalized spacial score (nSPS) is 18.0. The Morgan fingerprint density at radius 1 is 1.19 bits per heavy atom.